The van der Waals surface area contributed by atoms with Crippen molar-refractivity contribution in [3.63, 3.8) is 0 Å². The minimum atomic E-state index is -0.0532. The molecule has 0 amide bonds. The van der Waals surface area contributed by atoms with Gasteiger partial charge in [0.05, 0.1) is 6.33 Å². The number of hydrogen-bond donors (Lipinski definition) is 1. The van der Waals surface area contributed by atoms with Crippen molar-refractivity contribution in [2.45, 2.75) is 19.4 Å². The zero-order valence-electron chi connectivity index (χ0n) is 10.1. The molecule has 1 aliphatic heterocycles. The molecule has 0 aliphatic carbocycles. The van der Waals surface area contributed by atoms with E-state index in [0.29, 0.717) is 9.61 Å². The van der Waals surface area contributed by atoms with Gasteiger partial charge in [-0.25, -0.2) is 4.98 Å². The molecule has 94 valence electrons. The van der Waals surface area contributed by atoms with Crippen LogP contribution in [-0.4, -0.2) is 47.6 Å². The average molecular weight is 348 g/mol. The first-order chi connectivity index (χ1) is 8.13. The van der Waals surface area contributed by atoms with Crippen molar-refractivity contribution >= 4 is 28.4 Å². The molecule has 1 aromatic rings. The molecule has 0 radical (unpaired) electrons. The van der Waals surface area contributed by atoms with E-state index in [-0.39, 0.29) is 5.56 Å². The Bertz CT molecular complexity index is 447. The smallest absolute Gasteiger partial charge is 0.266 e. The maximum Gasteiger partial charge on any atom is 0.266 e. The largest absolute Gasteiger partial charge is 0.353 e. The Kier molecular flexibility index (Phi) is 4.03. The van der Waals surface area contributed by atoms with Crippen LogP contribution in [0.2, 0.25) is 0 Å². The molecule has 6 heteroatoms. The fraction of sp³-hybridized carbons (Fsp3) is 0.636. The van der Waals surface area contributed by atoms with Gasteiger partial charge in [0.15, 0.2) is 0 Å². The highest BCUT2D eigenvalue weighted by Gasteiger charge is 2.25. The Hall–Kier alpha value is -0.630. The van der Waals surface area contributed by atoms with Gasteiger partial charge in [0.25, 0.3) is 5.56 Å². The molecule has 0 aromatic carbocycles. The summed E-state index contributed by atoms with van der Waals surface area (Å²) < 4.78 is 0.685. The van der Waals surface area contributed by atoms with E-state index in [1.807, 2.05) is 0 Å². The molecule has 2 rings (SSSR count). The Balaban J connectivity index is 2.23. The van der Waals surface area contributed by atoms with Crippen molar-refractivity contribution in [3.8, 4) is 0 Å². The second-order valence-electron chi connectivity index (χ2n) is 4.36. The van der Waals surface area contributed by atoms with Gasteiger partial charge in [0.2, 0.25) is 0 Å². The predicted molar refractivity (Wildman–Crippen MR) is 76.5 cm³/mol. The van der Waals surface area contributed by atoms with Crippen molar-refractivity contribution in [3.05, 3.63) is 20.3 Å². The number of aromatic amines is 1. The van der Waals surface area contributed by atoms with Gasteiger partial charge in [-0.2, -0.15) is 0 Å². The summed E-state index contributed by atoms with van der Waals surface area (Å²) in [7, 11) is 2.15. The number of H-pyrrole nitrogens is 1. The molecule has 1 unspecified atom stereocenters. The van der Waals surface area contributed by atoms with E-state index in [2.05, 4.69) is 56.3 Å². The quantitative estimate of drug-likeness (QED) is 0.808. The third-order valence-corrected chi connectivity index (χ3v) is 4.30. The number of hydrogen-bond acceptors (Lipinski definition) is 4. The highest BCUT2D eigenvalue weighted by molar-refractivity contribution is 14.1. The van der Waals surface area contributed by atoms with Crippen LogP contribution in [0.5, 0.6) is 0 Å². The first-order valence-corrected chi connectivity index (χ1v) is 6.89. The van der Waals surface area contributed by atoms with Gasteiger partial charge in [-0.3, -0.25) is 9.69 Å². The Morgan fingerprint density at radius 2 is 2.35 bits per heavy atom. The molecule has 0 spiro atoms. The standard InChI is InChI=1S/C11H17IN4O/c1-3-8-6-16(5-4-15(8)2)10-9(12)11(17)14-7-13-10/h7-8H,3-6H2,1-2H3,(H,13,14,17). The van der Waals surface area contributed by atoms with Crippen LogP contribution in [0.4, 0.5) is 5.82 Å². The highest BCUT2D eigenvalue weighted by Crippen LogP contribution is 2.20. The number of likely N-dealkylation sites (N-methyl/N-ethyl adjacent to an activating group) is 1. The van der Waals surface area contributed by atoms with Gasteiger partial charge < -0.3 is 9.88 Å². The van der Waals surface area contributed by atoms with Gasteiger partial charge in [-0.1, -0.05) is 6.92 Å². The van der Waals surface area contributed by atoms with Crippen molar-refractivity contribution in [2.24, 2.45) is 0 Å². The van der Waals surface area contributed by atoms with E-state index in [1.54, 1.807) is 0 Å². The zero-order chi connectivity index (χ0) is 12.4. The van der Waals surface area contributed by atoms with Crippen LogP contribution in [-0.2, 0) is 0 Å². The van der Waals surface area contributed by atoms with E-state index in [4.69, 9.17) is 0 Å². The fourth-order valence-electron chi connectivity index (χ4n) is 2.17. The van der Waals surface area contributed by atoms with Gasteiger partial charge in [0.1, 0.15) is 9.39 Å². The van der Waals surface area contributed by atoms with E-state index >= 15 is 0 Å². The number of aromatic nitrogens is 2. The molecule has 17 heavy (non-hydrogen) atoms. The van der Waals surface area contributed by atoms with E-state index in [1.165, 1.54) is 6.33 Å². The number of rotatable bonds is 2. The van der Waals surface area contributed by atoms with Crippen LogP contribution in [0.25, 0.3) is 0 Å². The van der Waals surface area contributed by atoms with Crippen LogP contribution >= 0.6 is 22.6 Å². The summed E-state index contributed by atoms with van der Waals surface area (Å²) in [6.07, 6.45) is 2.60. The lowest BCUT2D eigenvalue weighted by atomic mass is 10.1. The number of anilines is 1. The maximum atomic E-state index is 11.6. The zero-order valence-corrected chi connectivity index (χ0v) is 12.3. The summed E-state index contributed by atoms with van der Waals surface area (Å²) in [6.45, 7) is 5.09. The normalized spacial score (nSPS) is 21.8. The van der Waals surface area contributed by atoms with Gasteiger partial charge in [-0.15, -0.1) is 0 Å². The van der Waals surface area contributed by atoms with Crippen molar-refractivity contribution in [2.75, 3.05) is 31.6 Å². The van der Waals surface area contributed by atoms with Crippen molar-refractivity contribution in [1.29, 1.82) is 0 Å². The van der Waals surface area contributed by atoms with Crippen LogP contribution in [0, 0.1) is 3.57 Å². The third-order valence-electron chi connectivity index (χ3n) is 3.33. The summed E-state index contributed by atoms with van der Waals surface area (Å²) in [5.41, 5.74) is -0.0532. The molecule has 1 N–H and O–H groups in total. The first kappa shape index (κ1) is 12.8. The Morgan fingerprint density at radius 1 is 1.59 bits per heavy atom. The molecule has 0 bridgehead atoms. The minimum absolute atomic E-state index is 0.0532. The average Bonchev–Trinajstić information content (AvgIpc) is 2.34. The molecule has 1 atom stereocenters. The topological polar surface area (TPSA) is 52.2 Å². The maximum absolute atomic E-state index is 11.6. The van der Waals surface area contributed by atoms with Crippen LogP contribution in [0.1, 0.15) is 13.3 Å². The number of nitrogens with one attached hydrogen (secondary N) is 1. The van der Waals surface area contributed by atoms with Gasteiger partial charge in [0, 0.05) is 25.7 Å². The third kappa shape index (κ3) is 2.62. The fourth-order valence-corrected chi connectivity index (χ4v) is 2.81. The summed E-state index contributed by atoms with van der Waals surface area (Å²) in [6, 6.07) is 0.542. The molecule has 1 fully saturated rings. The van der Waals surface area contributed by atoms with Crippen LogP contribution in [0.3, 0.4) is 0 Å². The summed E-state index contributed by atoms with van der Waals surface area (Å²) >= 11 is 2.07. The Morgan fingerprint density at radius 3 is 3.06 bits per heavy atom. The molecular weight excluding hydrogens is 331 g/mol. The molecule has 1 aliphatic rings. The molecular formula is C11H17IN4O. The number of halogens is 1. The second kappa shape index (κ2) is 5.34. The van der Waals surface area contributed by atoms with E-state index < -0.39 is 0 Å². The van der Waals surface area contributed by atoms with E-state index in [9.17, 15) is 4.79 Å². The minimum Gasteiger partial charge on any atom is -0.353 e. The molecule has 0 saturated carbocycles. The first-order valence-electron chi connectivity index (χ1n) is 5.81. The number of nitrogens with zero attached hydrogens (tertiary/aromatic N) is 3. The van der Waals surface area contributed by atoms with Crippen LogP contribution < -0.4 is 10.5 Å². The monoisotopic (exact) mass is 348 g/mol. The Labute approximate surface area is 114 Å². The summed E-state index contributed by atoms with van der Waals surface area (Å²) in [5.74, 6) is 0.820. The van der Waals surface area contributed by atoms with Gasteiger partial charge in [-0.05, 0) is 36.1 Å². The number of piperazine rings is 1. The molecule has 2 heterocycles. The lowest BCUT2D eigenvalue weighted by Gasteiger charge is -2.39. The SMILES string of the molecule is CCC1CN(c2nc[nH]c(=O)c2I)CCN1C. The van der Waals surface area contributed by atoms with Gasteiger partial charge >= 0.3 is 0 Å². The van der Waals surface area contributed by atoms with E-state index in [0.717, 1.165) is 31.9 Å². The van der Waals surface area contributed by atoms with Crippen molar-refractivity contribution < 1.29 is 0 Å². The second-order valence-corrected chi connectivity index (χ2v) is 5.44. The van der Waals surface area contributed by atoms with Crippen molar-refractivity contribution in [1.82, 2.24) is 14.9 Å². The molecule has 5 nitrogen and oxygen atoms in total. The van der Waals surface area contributed by atoms with Crippen LogP contribution in [0.15, 0.2) is 11.1 Å². The lowest BCUT2D eigenvalue weighted by Crippen LogP contribution is -2.52. The summed E-state index contributed by atoms with van der Waals surface area (Å²) in [4.78, 5) is 23.0. The lowest BCUT2D eigenvalue weighted by molar-refractivity contribution is 0.212. The predicted octanol–water partition coefficient (Wildman–Crippen LogP) is 0.905. The molecule has 1 saturated heterocycles. The highest BCUT2D eigenvalue weighted by atomic mass is 127. The molecule has 1 aromatic heterocycles. The summed E-state index contributed by atoms with van der Waals surface area (Å²) in [5, 5.41) is 0.